The van der Waals surface area contributed by atoms with Crippen LogP contribution in [-0.4, -0.2) is 40.6 Å². The lowest BCUT2D eigenvalue weighted by molar-refractivity contribution is 0.145. The first-order valence-electron chi connectivity index (χ1n) is 7.28. The molecule has 2 aromatic rings. The van der Waals surface area contributed by atoms with Gasteiger partial charge in [0.15, 0.2) is 0 Å². The van der Waals surface area contributed by atoms with Gasteiger partial charge in [-0.15, -0.1) is 0 Å². The molecule has 0 aromatic heterocycles. The summed E-state index contributed by atoms with van der Waals surface area (Å²) in [6.45, 7) is 2.14. The summed E-state index contributed by atoms with van der Waals surface area (Å²) in [6.07, 6.45) is 0. The van der Waals surface area contributed by atoms with Crippen LogP contribution in [0, 0.1) is 0 Å². The molecule has 0 saturated carbocycles. The van der Waals surface area contributed by atoms with Crippen LogP contribution in [0.4, 0.5) is 0 Å². The zero-order valence-electron chi connectivity index (χ0n) is 13.1. The summed E-state index contributed by atoms with van der Waals surface area (Å²) in [7, 11) is 3.32. The van der Waals surface area contributed by atoms with Crippen molar-refractivity contribution in [1.29, 1.82) is 0 Å². The zero-order valence-corrected chi connectivity index (χ0v) is 13.1. The summed E-state index contributed by atoms with van der Waals surface area (Å²) < 4.78 is 21.7. The summed E-state index contributed by atoms with van der Waals surface area (Å²) in [5.74, 6) is 1.64. The van der Waals surface area contributed by atoms with E-state index >= 15 is 0 Å². The van der Waals surface area contributed by atoms with E-state index in [0.717, 1.165) is 22.6 Å². The Bertz CT molecular complexity index is 517. The summed E-state index contributed by atoms with van der Waals surface area (Å²) >= 11 is 0. The predicted molar refractivity (Wildman–Crippen MR) is 86.6 cm³/mol. The molecule has 0 fully saturated rings. The molecular formula is C18H22O4. The monoisotopic (exact) mass is 302 g/mol. The highest BCUT2D eigenvalue weighted by molar-refractivity contribution is 5.75. The molecule has 0 aliphatic carbocycles. The lowest BCUT2D eigenvalue weighted by Gasteiger charge is -2.15. The first-order valence-corrected chi connectivity index (χ1v) is 7.28. The molecule has 4 heteroatoms. The van der Waals surface area contributed by atoms with Gasteiger partial charge in [0.05, 0.1) is 13.2 Å². The fourth-order valence-electron chi connectivity index (χ4n) is 2.10. The number of benzene rings is 2. The van der Waals surface area contributed by atoms with E-state index in [0.29, 0.717) is 26.4 Å². The molecule has 0 spiro atoms. The second-order valence-corrected chi connectivity index (χ2v) is 4.67. The first kappa shape index (κ1) is 16.3. The second-order valence-electron chi connectivity index (χ2n) is 4.67. The largest absolute Gasteiger partial charge is 0.491 e. The zero-order chi connectivity index (χ0) is 15.6. The minimum atomic E-state index is 0.514. The van der Waals surface area contributed by atoms with Crippen molar-refractivity contribution < 1.29 is 18.9 Å². The van der Waals surface area contributed by atoms with E-state index in [1.165, 1.54) is 0 Å². The molecule has 0 radical (unpaired) electrons. The van der Waals surface area contributed by atoms with Gasteiger partial charge in [-0.25, -0.2) is 0 Å². The van der Waals surface area contributed by atoms with Crippen LogP contribution in [0.25, 0.3) is 11.1 Å². The number of rotatable bonds is 9. The van der Waals surface area contributed by atoms with Crippen molar-refractivity contribution in [1.82, 2.24) is 0 Å². The van der Waals surface area contributed by atoms with Gasteiger partial charge in [-0.2, -0.15) is 0 Å². The first-order chi connectivity index (χ1) is 10.9. The maximum absolute atomic E-state index is 5.81. The van der Waals surface area contributed by atoms with Crippen molar-refractivity contribution in [2.45, 2.75) is 0 Å². The van der Waals surface area contributed by atoms with Gasteiger partial charge in [-0.3, -0.25) is 0 Å². The Morgan fingerprint density at radius 3 is 1.41 bits per heavy atom. The van der Waals surface area contributed by atoms with Crippen LogP contribution >= 0.6 is 0 Å². The quantitative estimate of drug-likeness (QED) is 0.665. The summed E-state index contributed by atoms with van der Waals surface area (Å²) in [6, 6.07) is 15.9. The third-order valence-corrected chi connectivity index (χ3v) is 3.15. The Morgan fingerprint density at radius 1 is 0.591 bits per heavy atom. The van der Waals surface area contributed by atoms with Gasteiger partial charge in [-0.1, -0.05) is 36.4 Å². The van der Waals surface area contributed by atoms with Crippen molar-refractivity contribution in [3.63, 3.8) is 0 Å². The molecule has 0 bridgehead atoms. The highest BCUT2D eigenvalue weighted by Gasteiger charge is 2.11. The highest BCUT2D eigenvalue weighted by atomic mass is 16.5. The molecule has 0 saturated heterocycles. The standard InChI is InChI=1S/C18H22O4/c1-19-11-13-21-17-9-5-3-7-15(17)16-8-4-6-10-18(16)22-14-12-20-2/h3-10H,11-14H2,1-2H3. The number of hydrogen-bond donors (Lipinski definition) is 0. The van der Waals surface area contributed by atoms with Crippen LogP contribution in [-0.2, 0) is 9.47 Å². The van der Waals surface area contributed by atoms with Crippen LogP contribution in [0.15, 0.2) is 48.5 Å². The number of ether oxygens (including phenoxy) is 4. The smallest absolute Gasteiger partial charge is 0.127 e. The normalized spacial score (nSPS) is 10.5. The number of para-hydroxylation sites is 2. The van der Waals surface area contributed by atoms with Gasteiger partial charge in [0.2, 0.25) is 0 Å². The van der Waals surface area contributed by atoms with E-state index in [9.17, 15) is 0 Å². The van der Waals surface area contributed by atoms with E-state index in [1.807, 2.05) is 48.5 Å². The fourth-order valence-corrected chi connectivity index (χ4v) is 2.10. The van der Waals surface area contributed by atoms with E-state index in [2.05, 4.69) is 0 Å². The molecule has 0 atom stereocenters. The lowest BCUT2D eigenvalue weighted by atomic mass is 10.0. The average molecular weight is 302 g/mol. The molecule has 22 heavy (non-hydrogen) atoms. The van der Waals surface area contributed by atoms with Gasteiger partial charge < -0.3 is 18.9 Å². The van der Waals surface area contributed by atoms with Crippen LogP contribution in [0.2, 0.25) is 0 Å². The van der Waals surface area contributed by atoms with Gasteiger partial charge in [0.25, 0.3) is 0 Å². The maximum atomic E-state index is 5.81. The van der Waals surface area contributed by atoms with Gasteiger partial charge in [0.1, 0.15) is 24.7 Å². The molecule has 2 rings (SSSR count). The Balaban J connectivity index is 2.23. The van der Waals surface area contributed by atoms with E-state index in [-0.39, 0.29) is 0 Å². The van der Waals surface area contributed by atoms with Gasteiger partial charge >= 0.3 is 0 Å². The summed E-state index contributed by atoms with van der Waals surface area (Å²) in [5.41, 5.74) is 2.01. The minimum Gasteiger partial charge on any atom is -0.491 e. The van der Waals surface area contributed by atoms with Crippen molar-refractivity contribution in [2.75, 3.05) is 40.6 Å². The van der Waals surface area contributed by atoms with Crippen LogP contribution < -0.4 is 9.47 Å². The average Bonchev–Trinajstić information content (AvgIpc) is 2.56. The number of methoxy groups -OCH3 is 2. The van der Waals surface area contributed by atoms with Gasteiger partial charge in [-0.05, 0) is 12.1 Å². The second kappa shape index (κ2) is 9.07. The van der Waals surface area contributed by atoms with Crippen molar-refractivity contribution >= 4 is 0 Å². The molecule has 2 aromatic carbocycles. The van der Waals surface area contributed by atoms with Crippen molar-refractivity contribution in [2.24, 2.45) is 0 Å². The SMILES string of the molecule is COCCOc1ccccc1-c1ccccc1OCCOC. The third-order valence-electron chi connectivity index (χ3n) is 3.15. The summed E-state index contributed by atoms with van der Waals surface area (Å²) in [4.78, 5) is 0. The van der Waals surface area contributed by atoms with Gasteiger partial charge in [0, 0.05) is 25.3 Å². The Kier molecular flexibility index (Phi) is 6.74. The molecule has 0 aliphatic rings. The molecule has 0 unspecified atom stereocenters. The highest BCUT2D eigenvalue weighted by Crippen LogP contribution is 2.36. The van der Waals surface area contributed by atoms with Crippen LogP contribution in [0.5, 0.6) is 11.5 Å². The Hall–Kier alpha value is -2.04. The fraction of sp³-hybridized carbons (Fsp3) is 0.333. The molecule has 0 aliphatic heterocycles. The van der Waals surface area contributed by atoms with Crippen molar-refractivity contribution in [3.05, 3.63) is 48.5 Å². The third kappa shape index (κ3) is 4.48. The molecule has 0 heterocycles. The topological polar surface area (TPSA) is 36.9 Å². The van der Waals surface area contributed by atoms with Crippen LogP contribution in [0.1, 0.15) is 0 Å². The molecule has 0 amide bonds. The molecule has 4 nitrogen and oxygen atoms in total. The Labute approximate surface area is 131 Å². The minimum absolute atomic E-state index is 0.514. The molecule has 0 N–H and O–H groups in total. The number of hydrogen-bond acceptors (Lipinski definition) is 4. The van der Waals surface area contributed by atoms with E-state index in [4.69, 9.17) is 18.9 Å². The van der Waals surface area contributed by atoms with E-state index in [1.54, 1.807) is 14.2 Å². The molecule has 118 valence electrons. The molecular weight excluding hydrogens is 280 g/mol. The van der Waals surface area contributed by atoms with Crippen molar-refractivity contribution in [3.8, 4) is 22.6 Å². The predicted octanol–water partition coefficient (Wildman–Crippen LogP) is 3.40. The summed E-state index contributed by atoms with van der Waals surface area (Å²) in [5, 5.41) is 0. The van der Waals surface area contributed by atoms with Crippen LogP contribution in [0.3, 0.4) is 0 Å². The Morgan fingerprint density at radius 2 is 1.00 bits per heavy atom. The lowest BCUT2D eigenvalue weighted by Crippen LogP contribution is -2.06. The maximum Gasteiger partial charge on any atom is 0.127 e. The van der Waals surface area contributed by atoms with E-state index < -0.39 is 0 Å².